The van der Waals surface area contributed by atoms with Gasteiger partial charge in [-0.05, 0) is 55.2 Å². The van der Waals surface area contributed by atoms with Gasteiger partial charge in [0.2, 0.25) is 10.0 Å². The molecule has 0 atom stereocenters. The number of rotatable bonds is 3. The molecule has 0 radical (unpaired) electrons. The standard InChI is InChI=1S/C20H22F3N3O3S/c1-14-2-7-17-18(12-14)30(27,28)25-19(24-17)8-10-26(11-9-19)13-15-3-5-16(6-4-15)29-20(21,22)23/h2-7,12,24-25H,8-11,13H2,1H3. The van der Waals surface area contributed by atoms with Gasteiger partial charge in [0.1, 0.15) is 16.3 Å². The van der Waals surface area contributed by atoms with Crippen LogP contribution in [0.2, 0.25) is 0 Å². The van der Waals surface area contributed by atoms with E-state index in [4.69, 9.17) is 0 Å². The van der Waals surface area contributed by atoms with Crippen molar-refractivity contribution in [1.29, 1.82) is 0 Å². The van der Waals surface area contributed by atoms with E-state index >= 15 is 0 Å². The molecule has 2 aromatic rings. The number of sulfonamides is 1. The summed E-state index contributed by atoms with van der Waals surface area (Å²) in [6, 6.07) is 11.1. The number of benzene rings is 2. The van der Waals surface area contributed by atoms with Gasteiger partial charge in [0.15, 0.2) is 0 Å². The minimum absolute atomic E-state index is 0.251. The molecule has 1 spiro atoms. The molecule has 0 bridgehead atoms. The maximum atomic E-state index is 12.7. The first kappa shape index (κ1) is 21.0. The summed E-state index contributed by atoms with van der Waals surface area (Å²) >= 11 is 0. The summed E-state index contributed by atoms with van der Waals surface area (Å²) in [7, 11) is -3.61. The second-order valence-corrected chi connectivity index (χ2v) is 9.43. The highest BCUT2D eigenvalue weighted by atomic mass is 32.2. The third-order valence-corrected chi connectivity index (χ3v) is 6.98. The molecule has 6 nitrogen and oxygen atoms in total. The molecule has 10 heteroatoms. The Labute approximate surface area is 173 Å². The lowest BCUT2D eigenvalue weighted by molar-refractivity contribution is -0.274. The van der Waals surface area contributed by atoms with E-state index in [0.29, 0.717) is 38.2 Å². The van der Waals surface area contributed by atoms with Crippen LogP contribution in [-0.2, 0) is 16.6 Å². The topological polar surface area (TPSA) is 70.7 Å². The Hall–Kier alpha value is -2.30. The zero-order valence-corrected chi connectivity index (χ0v) is 17.1. The van der Waals surface area contributed by atoms with Crippen LogP contribution in [0.25, 0.3) is 0 Å². The van der Waals surface area contributed by atoms with Crippen LogP contribution in [0.4, 0.5) is 18.9 Å². The maximum absolute atomic E-state index is 12.7. The van der Waals surface area contributed by atoms with Gasteiger partial charge < -0.3 is 10.1 Å². The average Bonchev–Trinajstić information content (AvgIpc) is 2.65. The van der Waals surface area contributed by atoms with Gasteiger partial charge in [0.25, 0.3) is 0 Å². The van der Waals surface area contributed by atoms with E-state index in [1.54, 1.807) is 24.3 Å². The van der Waals surface area contributed by atoms with E-state index in [9.17, 15) is 21.6 Å². The molecule has 1 fully saturated rings. The van der Waals surface area contributed by atoms with Crippen LogP contribution in [0.1, 0.15) is 24.0 Å². The minimum atomic E-state index is -4.71. The number of halogens is 3. The summed E-state index contributed by atoms with van der Waals surface area (Å²) in [4.78, 5) is 2.41. The van der Waals surface area contributed by atoms with Crippen molar-refractivity contribution in [3.8, 4) is 5.75 Å². The molecule has 162 valence electrons. The Balaban J connectivity index is 1.40. The quantitative estimate of drug-likeness (QED) is 0.762. The number of likely N-dealkylation sites (tertiary alicyclic amines) is 1. The fourth-order valence-electron chi connectivity index (χ4n) is 3.93. The highest BCUT2D eigenvalue weighted by Gasteiger charge is 2.43. The average molecular weight is 441 g/mol. The van der Waals surface area contributed by atoms with Crippen molar-refractivity contribution >= 4 is 15.7 Å². The fraction of sp³-hybridized carbons (Fsp3) is 0.400. The van der Waals surface area contributed by atoms with Crippen molar-refractivity contribution in [2.24, 2.45) is 0 Å². The first-order chi connectivity index (χ1) is 14.0. The van der Waals surface area contributed by atoms with E-state index in [1.165, 1.54) is 12.1 Å². The largest absolute Gasteiger partial charge is 0.573 e. The normalized spacial score (nSPS) is 20.4. The second-order valence-electron chi connectivity index (χ2n) is 7.78. The van der Waals surface area contributed by atoms with Gasteiger partial charge in [0, 0.05) is 19.6 Å². The zero-order valence-electron chi connectivity index (χ0n) is 16.3. The van der Waals surface area contributed by atoms with Gasteiger partial charge in [-0.1, -0.05) is 18.2 Å². The molecular weight excluding hydrogens is 419 g/mol. The lowest BCUT2D eigenvalue weighted by Crippen LogP contribution is -2.61. The Kier molecular flexibility index (Phi) is 5.19. The summed E-state index contributed by atoms with van der Waals surface area (Å²) in [5, 5.41) is 3.37. The van der Waals surface area contributed by atoms with Gasteiger partial charge in [0.05, 0.1) is 5.69 Å². The van der Waals surface area contributed by atoms with Crippen molar-refractivity contribution in [3.05, 3.63) is 53.6 Å². The van der Waals surface area contributed by atoms with E-state index in [0.717, 1.165) is 11.1 Å². The Bertz CT molecular complexity index is 1030. The van der Waals surface area contributed by atoms with Gasteiger partial charge in [-0.2, -0.15) is 4.72 Å². The SMILES string of the molecule is Cc1ccc2c(c1)S(=O)(=O)NC1(CCN(Cc3ccc(OC(F)(F)F)cc3)CC1)N2. The van der Waals surface area contributed by atoms with Crippen LogP contribution in [-0.4, -0.2) is 38.4 Å². The number of ether oxygens (including phenoxy) is 1. The summed E-state index contributed by atoms with van der Waals surface area (Å²) in [5.74, 6) is -0.251. The second kappa shape index (κ2) is 7.44. The van der Waals surface area contributed by atoms with Crippen LogP contribution in [0, 0.1) is 6.92 Å². The zero-order chi connectivity index (χ0) is 21.6. The third kappa shape index (κ3) is 4.55. The predicted molar refractivity (Wildman–Crippen MR) is 105 cm³/mol. The highest BCUT2D eigenvalue weighted by molar-refractivity contribution is 7.89. The number of alkyl halides is 3. The molecule has 1 saturated heterocycles. The lowest BCUT2D eigenvalue weighted by atomic mass is 9.96. The number of hydrogen-bond acceptors (Lipinski definition) is 5. The molecule has 0 amide bonds. The highest BCUT2D eigenvalue weighted by Crippen LogP contribution is 2.35. The predicted octanol–water partition coefficient (Wildman–Crippen LogP) is 3.59. The Morgan fingerprint density at radius 1 is 1.10 bits per heavy atom. The van der Waals surface area contributed by atoms with Crippen LogP contribution in [0.3, 0.4) is 0 Å². The molecule has 0 aliphatic carbocycles. The molecule has 2 aliphatic heterocycles. The van der Waals surface area contributed by atoms with Crippen molar-refractivity contribution < 1.29 is 26.3 Å². The minimum Gasteiger partial charge on any atom is -0.406 e. The van der Waals surface area contributed by atoms with Crippen molar-refractivity contribution in [1.82, 2.24) is 9.62 Å². The number of anilines is 1. The van der Waals surface area contributed by atoms with E-state index < -0.39 is 22.0 Å². The molecular formula is C20H22F3N3O3S. The number of hydrogen-bond donors (Lipinski definition) is 2. The molecule has 2 heterocycles. The molecule has 0 saturated carbocycles. The Morgan fingerprint density at radius 2 is 1.77 bits per heavy atom. The maximum Gasteiger partial charge on any atom is 0.573 e. The molecule has 30 heavy (non-hydrogen) atoms. The number of fused-ring (bicyclic) bond motifs is 1. The molecule has 4 rings (SSSR count). The van der Waals surface area contributed by atoms with E-state index in [2.05, 4.69) is 19.7 Å². The van der Waals surface area contributed by atoms with Crippen molar-refractivity contribution in [2.75, 3.05) is 18.4 Å². The molecule has 2 aromatic carbocycles. The number of nitrogens with one attached hydrogen (secondary N) is 2. The summed E-state index contributed by atoms with van der Waals surface area (Å²) in [6.07, 6.45) is -3.58. The third-order valence-electron chi connectivity index (χ3n) is 5.40. The van der Waals surface area contributed by atoms with E-state index in [-0.39, 0.29) is 10.6 Å². The van der Waals surface area contributed by atoms with Crippen LogP contribution >= 0.6 is 0 Å². The van der Waals surface area contributed by atoms with Gasteiger partial charge in [-0.25, -0.2) is 8.42 Å². The van der Waals surface area contributed by atoms with Crippen molar-refractivity contribution in [3.63, 3.8) is 0 Å². The van der Waals surface area contributed by atoms with Crippen LogP contribution in [0.5, 0.6) is 5.75 Å². The molecule has 0 unspecified atom stereocenters. The van der Waals surface area contributed by atoms with Crippen molar-refractivity contribution in [2.45, 2.75) is 43.2 Å². The molecule has 0 aromatic heterocycles. The number of nitrogens with zero attached hydrogens (tertiary/aromatic N) is 1. The monoisotopic (exact) mass is 441 g/mol. The van der Waals surface area contributed by atoms with Gasteiger partial charge >= 0.3 is 6.36 Å². The first-order valence-corrected chi connectivity index (χ1v) is 11.0. The van der Waals surface area contributed by atoms with E-state index in [1.807, 2.05) is 13.0 Å². The fourth-order valence-corrected chi connectivity index (χ4v) is 5.55. The molecule has 2 N–H and O–H groups in total. The number of piperidine rings is 1. The van der Waals surface area contributed by atoms with Gasteiger partial charge in [-0.3, -0.25) is 4.90 Å². The number of aryl methyl sites for hydroxylation is 1. The molecule has 2 aliphatic rings. The first-order valence-electron chi connectivity index (χ1n) is 9.54. The van der Waals surface area contributed by atoms with Crippen LogP contribution in [0.15, 0.2) is 47.4 Å². The lowest BCUT2D eigenvalue weighted by Gasteiger charge is -2.45. The Morgan fingerprint density at radius 3 is 2.40 bits per heavy atom. The van der Waals surface area contributed by atoms with Gasteiger partial charge in [-0.15, -0.1) is 13.2 Å². The smallest absolute Gasteiger partial charge is 0.406 e. The van der Waals surface area contributed by atoms with Crippen LogP contribution < -0.4 is 14.8 Å². The summed E-state index contributed by atoms with van der Waals surface area (Å²) < 4.78 is 69.0. The summed E-state index contributed by atoms with van der Waals surface area (Å²) in [6.45, 7) is 3.68. The summed E-state index contributed by atoms with van der Waals surface area (Å²) in [5.41, 5.74) is 1.60.